The molecule has 0 amide bonds. The van der Waals surface area contributed by atoms with Crippen LogP contribution in [0.5, 0.6) is 0 Å². The van der Waals surface area contributed by atoms with Gasteiger partial charge in [0.1, 0.15) is 4.90 Å². The van der Waals surface area contributed by atoms with Gasteiger partial charge in [-0.2, -0.15) is 4.31 Å². The van der Waals surface area contributed by atoms with Crippen LogP contribution in [0, 0.1) is 11.7 Å². The Kier molecular flexibility index (Phi) is 5.68. The molecule has 20 heavy (non-hydrogen) atoms. The highest BCUT2D eigenvalue weighted by Crippen LogP contribution is 2.32. The minimum atomic E-state index is -3.85. The van der Waals surface area contributed by atoms with Gasteiger partial charge in [-0.15, -0.1) is 12.4 Å². The Morgan fingerprint density at radius 2 is 1.95 bits per heavy atom. The number of hydrogen-bond donors (Lipinski definition) is 1. The topological polar surface area (TPSA) is 63.4 Å². The Morgan fingerprint density at radius 3 is 2.45 bits per heavy atom. The minimum absolute atomic E-state index is 0. The molecule has 2 unspecified atom stereocenters. The zero-order valence-electron chi connectivity index (χ0n) is 10.5. The van der Waals surface area contributed by atoms with Crippen molar-refractivity contribution in [1.29, 1.82) is 0 Å². The Balaban J connectivity index is 0.00000200. The predicted molar refractivity (Wildman–Crippen MR) is 79.6 cm³/mol. The summed E-state index contributed by atoms with van der Waals surface area (Å²) in [5.41, 5.74) is 5.80. The molecule has 1 heterocycles. The van der Waals surface area contributed by atoms with E-state index in [1.54, 1.807) is 0 Å². The van der Waals surface area contributed by atoms with Gasteiger partial charge in [-0.05, 0) is 18.1 Å². The number of sulfonamides is 1. The fourth-order valence-corrected chi connectivity index (χ4v) is 4.29. The van der Waals surface area contributed by atoms with Crippen LogP contribution < -0.4 is 5.73 Å². The van der Waals surface area contributed by atoms with E-state index in [0.29, 0.717) is 6.54 Å². The van der Waals surface area contributed by atoms with Gasteiger partial charge in [0, 0.05) is 19.1 Å². The van der Waals surface area contributed by atoms with Crippen molar-refractivity contribution >= 4 is 45.6 Å². The largest absolute Gasteiger partial charge is 0.326 e. The van der Waals surface area contributed by atoms with Crippen molar-refractivity contribution in [2.75, 3.05) is 13.1 Å². The molecule has 0 radical (unpaired) electrons. The van der Waals surface area contributed by atoms with Crippen LogP contribution in [0.15, 0.2) is 17.0 Å². The average Bonchev–Trinajstić information content (AvgIpc) is 2.67. The summed E-state index contributed by atoms with van der Waals surface area (Å²) in [6.45, 7) is 2.36. The lowest BCUT2D eigenvalue weighted by Gasteiger charge is -2.17. The van der Waals surface area contributed by atoms with Crippen LogP contribution in [0.2, 0.25) is 10.0 Å². The Hall–Kier alpha value is -0.110. The molecule has 4 nitrogen and oxygen atoms in total. The summed E-state index contributed by atoms with van der Waals surface area (Å²) in [4.78, 5) is -0.280. The summed E-state index contributed by atoms with van der Waals surface area (Å²) in [6, 6.07) is 2.15. The third-order valence-corrected chi connectivity index (χ3v) is 5.90. The zero-order chi connectivity index (χ0) is 14.4. The second-order valence-corrected chi connectivity index (χ2v) is 7.33. The predicted octanol–water partition coefficient (Wildman–Crippen LogP) is 2.52. The molecule has 0 aromatic heterocycles. The third kappa shape index (κ3) is 3.05. The number of rotatable bonds is 2. The molecule has 1 aromatic carbocycles. The van der Waals surface area contributed by atoms with Crippen LogP contribution in [-0.4, -0.2) is 31.9 Å². The van der Waals surface area contributed by atoms with Gasteiger partial charge in [0.25, 0.3) is 0 Å². The molecule has 2 atom stereocenters. The second-order valence-electron chi connectivity index (χ2n) is 4.64. The third-order valence-electron chi connectivity index (χ3n) is 3.25. The molecule has 1 fully saturated rings. The first-order valence-electron chi connectivity index (χ1n) is 5.64. The van der Waals surface area contributed by atoms with Gasteiger partial charge in [-0.1, -0.05) is 30.1 Å². The van der Waals surface area contributed by atoms with Gasteiger partial charge in [-0.25, -0.2) is 12.8 Å². The van der Waals surface area contributed by atoms with E-state index < -0.39 is 20.9 Å². The summed E-state index contributed by atoms with van der Waals surface area (Å²) in [6.07, 6.45) is 0. The first-order chi connectivity index (χ1) is 8.75. The van der Waals surface area contributed by atoms with Gasteiger partial charge in [0.05, 0.1) is 10.0 Å². The Morgan fingerprint density at radius 1 is 1.35 bits per heavy atom. The van der Waals surface area contributed by atoms with E-state index in [2.05, 4.69) is 0 Å². The van der Waals surface area contributed by atoms with Gasteiger partial charge in [0.15, 0.2) is 5.82 Å². The normalized spacial score (nSPS) is 23.6. The number of nitrogens with two attached hydrogens (primary N) is 1. The maximum atomic E-state index is 13.6. The molecule has 0 saturated carbocycles. The molecule has 0 aliphatic carbocycles. The summed E-state index contributed by atoms with van der Waals surface area (Å²) in [5, 5.41) is -0.698. The summed E-state index contributed by atoms with van der Waals surface area (Å²) in [5.74, 6) is -0.883. The van der Waals surface area contributed by atoms with E-state index in [0.717, 1.165) is 0 Å². The summed E-state index contributed by atoms with van der Waals surface area (Å²) < 4.78 is 39.6. The smallest absolute Gasteiger partial charge is 0.244 e. The van der Waals surface area contributed by atoms with E-state index in [-0.39, 0.29) is 40.8 Å². The molecular weight excluding hydrogens is 350 g/mol. The van der Waals surface area contributed by atoms with Crippen LogP contribution in [-0.2, 0) is 10.0 Å². The maximum absolute atomic E-state index is 13.6. The summed E-state index contributed by atoms with van der Waals surface area (Å²) >= 11 is 11.3. The van der Waals surface area contributed by atoms with Crippen molar-refractivity contribution in [1.82, 2.24) is 4.31 Å². The quantitative estimate of drug-likeness (QED) is 0.821. The SMILES string of the molecule is CC1CN(S(=O)(=O)c2ccc(Cl)c(F)c2Cl)CC1N.Cl. The zero-order valence-corrected chi connectivity index (χ0v) is 13.7. The molecule has 1 aromatic rings. The van der Waals surface area contributed by atoms with Crippen LogP contribution in [0.1, 0.15) is 6.92 Å². The van der Waals surface area contributed by atoms with Crippen molar-refractivity contribution in [3.8, 4) is 0 Å². The van der Waals surface area contributed by atoms with Crippen molar-refractivity contribution in [2.24, 2.45) is 11.7 Å². The number of halogens is 4. The second kappa shape index (κ2) is 6.34. The molecule has 2 N–H and O–H groups in total. The van der Waals surface area contributed by atoms with Crippen molar-refractivity contribution in [3.63, 3.8) is 0 Å². The van der Waals surface area contributed by atoms with Gasteiger partial charge < -0.3 is 5.73 Å². The Bertz CT molecular complexity index is 602. The van der Waals surface area contributed by atoms with Crippen molar-refractivity contribution < 1.29 is 12.8 Å². The van der Waals surface area contributed by atoms with Gasteiger partial charge >= 0.3 is 0 Å². The Labute approximate surface area is 133 Å². The first-order valence-corrected chi connectivity index (χ1v) is 7.84. The number of nitrogens with zero attached hydrogens (tertiary/aromatic N) is 1. The van der Waals surface area contributed by atoms with Gasteiger partial charge in [0.2, 0.25) is 10.0 Å². The fraction of sp³-hybridized carbons (Fsp3) is 0.455. The average molecular weight is 364 g/mol. The molecule has 2 rings (SSSR count). The number of benzene rings is 1. The highest BCUT2D eigenvalue weighted by Gasteiger charge is 2.36. The van der Waals surface area contributed by atoms with Crippen LogP contribution in [0.25, 0.3) is 0 Å². The highest BCUT2D eigenvalue weighted by molar-refractivity contribution is 7.89. The molecule has 1 saturated heterocycles. The van der Waals surface area contributed by atoms with E-state index >= 15 is 0 Å². The maximum Gasteiger partial charge on any atom is 0.244 e. The van der Waals surface area contributed by atoms with Gasteiger partial charge in [-0.3, -0.25) is 0 Å². The van der Waals surface area contributed by atoms with Crippen molar-refractivity contribution in [3.05, 3.63) is 28.0 Å². The molecule has 9 heteroatoms. The van der Waals surface area contributed by atoms with E-state index in [1.807, 2.05) is 6.92 Å². The lowest BCUT2D eigenvalue weighted by Crippen LogP contribution is -2.32. The lowest BCUT2D eigenvalue weighted by atomic mass is 10.1. The molecule has 1 aliphatic heterocycles. The molecule has 114 valence electrons. The standard InChI is InChI=1S/C11H13Cl2FN2O2S.ClH/c1-6-4-16(5-8(6)15)19(17,18)9-3-2-7(12)11(14)10(9)13;/h2-3,6,8H,4-5,15H2,1H3;1H. The fourth-order valence-electron chi connectivity index (χ4n) is 1.99. The highest BCUT2D eigenvalue weighted by atomic mass is 35.5. The molecular formula is C11H14Cl3FN2O2S. The lowest BCUT2D eigenvalue weighted by molar-refractivity contribution is 0.463. The number of hydrogen-bond acceptors (Lipinski definition) is 3. The van der Waals surface area contributed by atoms with Crippen LogP contribution >= 0.6 is 35.6 Å². The molecule has 1 aliphatic rings. The summed E-state index contributed by atoms with van der Waals surface area (Å²) in [7, 11) is -3.85. The molecule has 0 bridgehead atoms. The minimum Gasteiger partial charge on any atom is -0.326 e. The first kappa shape index (κ1) is 17.9. The van der Waals surface area contributed by atoms with E-state index in [9.17, 15) is 12.8 Å². The van der Waals surface area contributed by atoms with E-state index in [1.165, 1.54) is 16.4 Å². The van der Waals surface area contributed by atoms with Crippen LogP contribution in [0.4, 0.5) is 4.39 Å². The van der Waals surface area contributed by atoms with Crippen molar-refractivity contribution in [2.45, 2.75) is 17.9 Å². The van der Waals surface area contributed by atoms with Crippen LogP contribution in [0.3, 0.4) is 0 Å². The van der Waals surface area contributed by atoms with E-state index in [4.69, 9.17) is 28.9 Å². The molecule has 0 spiro atoms. The monoisotopic (exact) mass is 362 g/mol.